The highest BCUT2D eigenvalue weighted by atomic mass is 19.4. The van der Waals surface area contributed by atoms with Gasteiger partial charge in [-0.2, -0.15) is 13.2 Å². The normalized spacial score (nSPS) is 11.1. The SMILES string of the molecule is Cc1cccc(NC(=O)CN(C)C(=O)COc2ccc(C(F)(F)F)cc2)c1C. The van der Waals surface area contributed by atoms with Gasteiger partial charge in [-0.1, -0.05) is 12.1 Å². The second-order valence-corrected chi connectivity index (χ2v) is 6.36. The Morgan fingerprint density at radius 3 is 2.32 bits per heavy atom. The quantitative estimate of drug-likeness (QED) is 0.811. The first-order valence-corrected chi connectivity index (χ1v) is 8.48. The maximum atomic E-state index is 12.5. The van der Waals surface area contributed by atoms with Crippen molar-refractivity contribution in [1.82, 2.24) is 4.90 Å². The number of hydrogen-bond donors (Lipinski definition) is 1. The third kappa shape index (κ3) is 5.73. The molecule has 2 rings (SSSR count). The largest absolute Gasteiger partial charge is 0.484 e. The molecule has 2 amide bonds. The van der Waals surface area contributed by atoms with E-state index in [-0.39, 0.29) is 18.2 Å². The lowest BCUT2D eigenvalue weighted by Gasteiger charge is -2.18. The molecule has 0 atom stereocenters. The van der Waals surface area contributed by atoms with Gasteiger partial charge in [0, 0.05) is 12.7 Å². The van der Waals surface area contributed by atoms with E-state index in [4.69, 9.17) is 4.74 Å². The van der Waals surface area contributed by atoms with E-state index >= 15 is 0 Å². The Bertz CT molecular complexity index is 849. The molecule has 0 spiro atoms. The predicted octanol–water partition coefficient (Wildman–Crippen LogP) is 3.80. The van der Waals surface area contributed by atoms with E-state index in [1.807, 2.05) is 26.0 Å². The summed E-state index contributed by atoms with van der Waals surface area (Å²) < 4.78 is 42.8. The van der Waals surface area contributed by atoms with Crippen LogP contribution in [0.5, 0.6) is 5.75 Å². The standard InChI is InChI=1S/C20H21F3N2O3/c1-13-5-4-6-17(14(13)2)24-18(26)11-25(3)19(27)12-28-16-9-7-15(8-10-16)20(21,22)23/h4-10H,11-12H2,1-3H3,(H,24,26). The Kier molecular flexibility index (Phi) is 6.66. The smallest absolute Gasteiger partial charge is 0.416 e. The van der Waals surface area contributed by atoms with Crippen LogP contribution in [0.3, 0.4) is 0 Å². The van der Waals surface area contributed by atoms with Crippen LogP contribution in [-0.4, -0.2) is 36.9 Å². The Balaban J connectivity index is 1.85. The first-order valence-electron chi connectivity index (χ1n) is 8.48. The molecule has 0 aliphatic carbocycles. The third-order valence-electron chi connectivity index (χ3n) is 4.23. The number of carbonyl (C=O) groups excluding carboxylic acids is 2. The summed E-state index contributed by atoms with van der Waals surface area (Å²) in [5, 5.41) is 2.75. The first-order chi connectivity index (χ1) is 13.1. The van der Waals surface area contributed by atoms with Gasteiger partial charge in [0.05, 0.1) is 12.1 Å². The van der Waals surface area contributed by atoms with Gasteiger partial charge < -0.3 is 15.0 Å². The van der Waals surface area contributed by atoms with Crippen LogP contribution in [0.1, 0.15) is 16.7 Å². The van der Waals surface area contributed by atoms with Crippen LogP contribution >= 0.6 is 0 Å². The summed E-state index contributed by atoms with van der Waals surface area (Å²) in [5.41, 5.74) is 1.85. The molecule has 150 valence electrons. The van der Waals surface area contributed by atoms with Crippen LogP contribution in [0.15, 0.2) is 42.5 Å². The van der Waals surface area contributed by atoms with Gasteiger partial charge in [0.15, 0.2) is 6.61 Å². The summed E-state index contributed by atoms with van der Waals surface area (Å²) in [5.74, 6) is -0.704. The number of rotatable bonds is 6. The lowest BCUT2D eigenvalue weighted by molar-refractivity contribution is -0.137. The van der Waals surface area contributed by atoms with Gasteiger partial charge in [0.1, 0.15) is 5.75 Å². The monoisotopic (exact) mass is 394 g/mol. The van der Waals surface area contributed by atoms with Gasteiger partial charge in [-0.25, -0.2) is 0 Å². The fraction of sp³-hybridized carbons (Fsp3) is 0.300. The number of carbonyl (C=O) groups is 2. The fourth-order valence-corrected chi connectivity index (χ4v) is 2.38. The Labute approximate surface area is 161 Å². The molecule has 28 heavy (non-hydrogen) atoms. The lowest BCUT2D eigenvalue weighted by Crippen LogP contribution is -2.37. The number of nitrogens with zero attached hydrogens (tertiary/aromatic N) is 1. The number of benzene rings is 2. The fourth-order valence-electron chi connectivity index (χ4n) is 2.38. The molecule has 0 aliphatic heterocycles. The molecule has 1 N–H and O–H groups in total. The molecule has 0 unspecified atom stereocenters. The van der Waals surface area contributed by atoms with Crippen molar-refractivity contribution in [3.63, 3.8) is 0 Å². The number of anilines is 1. The highest BCUT2D eigenvalue weighted by Crippen LogP contribution is 2.30. The molecule has 5 nitrogen and oxygen atoms in total. The minimum absolute atomic E-state index is 0.134. The van der Waals surface area contributed by atoms with E-state index in [9.17, 15) is 22.8 Å². The van der Waals surface area contributed by atoms with E-state index < -0.39 is 24.3 Å². The molecule has 0 saturated carbocycles. The topological polar surface area (TPSA) is 58.6 Å². The van der Waals surface area contributed by atoms with Crippen molar-refractivity contribution >= 4 is 17.5 Å². The molecule has 0 bridgehead atoms. The molecule has 0 radical (unpaired) electrons. The average molecular weight is 394 g/mol. The van der Waals surface area contributed by atoms with Crippen LogP contribution < -0.4 is 10.1 Å². The van der Waals surface area contributed by atoms with Gasteiger partial charge in [-0.3, -0.25) is 9.59 Å². The van der Waals surface area contributed by atoms with Gasteiger partial charge in [0.25, 0.3) is 5.91 Å². The van der Waals surface area contributed by atoms with Crippen molar-refractivity contribution < 1.29 is 27.5 Å². The third-order valence-corrected chi connectivity index (χ3v) is 4.23. The van der Waals surface area contributed by atoms with Crippen LogP contribution in [0, 0.1) is 13.8 Å². The molecular formula is C20H21F3N2O3. The van der Waals surface area contributed by atoms with E-state index in [1.54, 1.807) is 6.07 Å². The Morgan fingerprint density at radius 1 is 1.07 bits per heavy atom. The van der Waals surface area contributed by atoms with E-state index in [2.05, 4.69) is 5.32 Å². The highest BCUT2D eigenvalue weighted by Gasteiger charge is 2.30. The van der Waals surface area contributed by atoms with E-state index in [1.165, 1.54) is 11.9 Å². The van der Waals surface area contributed by atoms with Crippen LogP contribution in [0.4, 0.5) is 18.9 Å². The van der Waals surface area contributed by atoms with Gasteiger partial charge in [0.2, 0.25) is 5.91 Å². The lowest BCUT2D eigenvalue weighted by atomic mass is 10.1. The number of halogens is 3. The zero-order valence-electron chi connectivity index (χ0n) is 15.8. The zero-order valence-corrected chi connectivity index (χ0v) is 15.8. The predicted molar refractivity (Wildman–Crippen MR) is 99.1 cm³/mol. The van der Waals surface area contributed by atoms with Crippen molar-refractivity contribution in [2.75, 3.05) is 25.5 Å². The van der Waals surface area contributed by atoms with Gasteiger partial charge in [-0.15, -0.1) is 0 Å². The maximum absolute atomic E-state index is 12.5. The minimum atomic E-state index is -4.43. The van der Waals surface area contributed by atoms with Crippen molar-refractivity contribution in [1.29, 1.82) is 0 Å². The molecule has 0 aromatic heterocycles. The van der Waals surface area contributed by atoms with Crippen LogP contribution in [0.2, 0.25) is 0 Å². The Hall–Kier alpha value is -3.03. The zero-order chi connectivity index (χ0) is 20.9. The van der Waals surface area contributed by atoms with Crippen LogP contribution in [0.25, 0.3) is 0 Å². The number of nitrogens with one attached hydrogen (secondary N) is 1. The molecular weight excluding hydrogens is 373 g/mol. The molecule has 2 aromatic carbocycles. The molecule has 0 fully saturated rings. The summed E-state index contributed by atoms with van der Waals surface area (Å²) in [7, 11) is 1.45. The van der Waals surface area contributed by atoms with Crippen molar-refractivity contribution in [2.24, 2.45) is 0 Å². The van der Waals surface area contributed by atoms with E-state index in [0.717, 1.165) is 35.4 Å². The summed E-state index contributed by atoms with van der Waals surface area (Å²) >= 11 is 0. The maximum Gasteiger partial charge on any atom is 0.416 e. The summed E-state index contributed by atoms with van der Waals surface area (Å²) in [6.07, 6.45) is -4.43. The van der Waals surface area contributed by atoms with Crippen molar-refractivity contribution in [3.05, 3.63) is 59.2 Å². The van der Waals surface area contributed by atoms with Gasteiger partial charge >= 0.3 is 6.18 Å². The number of aryl methyl sites for hydroxylation is 1. The molecule has 0 aliphatic rings. The molecule has 0 heterocycles. The number of amides is 2. The van der Waals surface area contributed by atoms with Gasteiger partial charge in [-0.05, 0) is 55.3 Å². The minimum Gasteiger partial charge on any atom is -0.484 e. The van der Waals surface area contributed by atoms with E-state index in [0.29, 0.717) is 5.69 Å². The number of alkyl halides is 3. The summed E-state index contributed by atoms with van der Waals surface area (Å²) in [6, 6.07) is 9.56. The highest BCUT2D eigenvalue weighted by molar-refractivity contribution is 5.95. The number of likely N-dealkylation sites (N-methyl/N-ethyl adjacent to an activating group) is 1. The second-order valence-electron chi connectivity index (χ2n) is 6.36. The van der Waals surface area contributed by atoms with Crippen molar-refractivity contribution in [3.8, 4) is 5.75 Å². The van der Waals surface area contributed by atoms with Crippen LogP contribution in [-0.2, 0) is 15.8 Å². The summed E-state index contributed by atoms with van der Waals surface area (Å²) in [6.45, 7) is 3.25. The number of ether oxygens (including phenoxy) is 1. The second kappa shape index (κ2) is 8.77. The Morgan fingerprint density at radius 2 is 1.71 bits per heavy atom. The summed E-state index contributed by atoms with van der Waals surface area (Å²) in [4.78, 5) is 25.4. The number of hydrogen-bond acceptors (Lipinski definition) is 3. The molecule has 2 aromatic rings. The molecule has 0 saturated heterocycles. The van der Waals surface area contributed by atoms with Crippen molar-refractivity contribution in [2.45, 2.75) is 20.0 Å². The molecule has 8 heteroatoms. The average Bonchev–Trinajstić information content (AvgIpc) is 2.63. The first kappa shape index (κ1) is 21.3.